The van der Waals surface area contributed by atoms with Gasteiger partial charge in [-0.25, -0.2) is 4.39 Å². The predicted octanol–water partition coefficient (Wildman–Crippen LogP) is 3.01. The van der Waals surface area contributed by atoms with Gasteiger partial charge in [-0.2, -0.15) is 5.10 Å². The van der Waals surface area contributed by atoms with E-state index in [4.69, 9.17) is 17.4 Å². The number of aromatic nitrogens is 2. The molecule has 1 unspecified atom stereocenters. The largest absolute Gasteiger partial charge is 0.271 e. The lowest BCUT2D eigenvalue weighted by Gasteiger charge is -2.17. The molecule has 0 amide bonds. The van der Waals surface area contributed by atoms with Crippen molar-refractivity contribution in [2.24, 2.45) is 5.84 Å². The van der Waals surface area contributed by atoms with Gasteiger partial charge in [0.25, 0.3) is 0 Å². The average molecular weight is 311 g/mol. The highest BCUT2D eigenvalue weighted by Crippen LogP contribution is 2.24. The lowest BCUT2D eigenvalue weighted by atomic mass is 10.0. The summed E-state index contributed by atoms with van der Waals surface area (Å²) in [6.07, 6.45) is 1.44. The van der Waals surface area contributed by atoms with Gasteiger partial charge in [-0.1, -0.05) is 24.6 Å². The molecule has 2 rings (SSSR count). The second kappa shape index (κ2) is 7.02. The number of hydrazine groups is 1. The monoisotopic (exact) mass is 310 g/mol. The summed E-state index contributed by atoms with van der Waals surface area (Å²) >= 11 is 5.79. The first-order valence-corrected chi connectivity index (χ1v) is 7.43. The van der Waals surface area contributed by atoms with Crippen LogP contribution in [0.3, 0.4) is 0 Å². The van der Waals surface area contributed by atoms with Crippen molar-refractivity contribution in [3.8, 4) is 0 Å². The van der Waals surface area contributed by atoms with Gasteiger partial charge < -0.3 is 0 Å². The van der Waals surface area contributed by atoms with Crippen LogP contribution in [-0.2, 0) is 19.4 Å². The van der Waals surface area contributed by atoms with E-state index in [0.29, 0.717) is 17.0 Å². The zero-order valence-corrected chi connectivity index (χ0v) is 13.0. The maximum Gasteiger partial charge on any atom is 0.129 e. The van der Waals surface area contributed by atoms with Crippen molar-refractivity contribution in [2.75, 3.05) is 0 Å². The van der Waals surface area contributed by atoms with Crippen molar-refractivity contribution in [3.63, 3.8) is 0 Å². The van der Waals surface area contributed by atoms with E-state index in [0.717, 1.165) is 24.4 Å². The van der Waals surface area contributed by atoms with Crippen molar-refractivity contribution < 1.29 is 4.39 Å². The van der Waals surface area contributed by atoms with Gasteiger partial charge in [0.05, 0.1) is 11.7 Å². The maximum atomic E-state index is 14.0. The fourth-order valence-electron chi connectivity index (χ4n) is 2.38. The quantitative estimate of drug-likeness (QED) is 0.637. The Morgan fingerprint density at radius 1 is 1.38 bits per heavy atom. The van der Waals surface area contributed by atoms with E-state index < -0.39 is 0 Å². The van der Waals surface area contributed by atoms with E-state index in [2.05, 4.69) is 17.4 Å². The molecule has 6 heteroatoms. The van der Waals surface area contributed by atoms with Crippen LogP contribution in [0.25, 0.3) is 0 Å². The highest BCUT2D eigenvalue weighted by Gasteiger charge is 2.18. The SMILES string of the molecule is CCc1cc(CC(NN)c2ccc(Cl)cc2F)n(CC)n1. The molecule has 0 aliphatic rings. The van der Waals surface area contributed by atoms with Gasteiger partial charge in [0.2, 0.25) is 0 Å². The summed E-state index contributed by atoms with van der Waals surface area (Å²) in [5, 5.41) is 4.87. The van der Waals surface area contributed by atoms with E-state index in [1.54, 1.807) is 12.1 Å². The minimum Gasteiger partial charge on any atom is -0.271 e. The normalized spacial score (nSPS) is 12.6. The van der Waals surface area contributed by atoms with Crippen molar-refractivity contribution in [1.29, 1.82) is 0 Å². The van der Waals surface area contributed by atoms with Crippen LogP contribution in [0, 0.1) is 5.82 Å². The molecule has 1 atom stereocenters. The lowest BCUT2D eigenvalue weighted by molar-refractivity contribution is 0.490. The van der Waals surface area contributed by atoms with Crippen LogP contribution in [0.5, 0.6) is 0 Å². The highest BCUT2D eigenvalue weighted by molar-refractivity contribution is 6.30. The standard InChI is InChI=1S/C15H20ClFN4/c1-3-11-8-12(21(4-2)20-11)9-15(19-18)13-6-5-10(16)7-14(13)17/h5-8,15,19H,3-4,9,18H2,1-2H3. The Hall–Kier alpha value is -1.43. The molecule has 0 radical (unpaired) electrons. The molecule has 0 aliphatic heterocycles. The van der Waals surface area contributed by atoms with Crippen LogP contribution in [0.1, 0.15) is 36.8 Å². The molecular formula is C15H20ClFN4. The van der Waals surface area contributed by atoms with Crippen LogP contribution < -0.4 is 11.3 Å². The summed E-state index contributed by atoms with van der Waals surface area (Å²) < 4.78 is 16.0. The third-order valence-corrected chi connectivity index (χ3v) is 3.76. The van der Waals surface area contributed by atoms with E-state index >= 15 is 0 Å². The third kappa shape index (κ3) is 3.61. The van der Waals surface area contributed by atoms with E-state index in [9.17, 15) is 4.39 Å². The predicted molar refractivity (Wildman–Crippen MR) is 82.5 cm³/mol. The number of hydrogen-bond donors (Lipinski definition) is 2. The number of nitrogens with zero attached hydrogens (tertiary/aromatic N) is 2. The fraction of sp³-hybridized carbons (Fsp3) is 0.400. The zero-order valence-electron chi connectivity index (χ0n) is 12.2. The van der Waals surface area contributed by atoms with Gasteiger partial charge in [0.15, 0.2) is 0 Å². The van der Waals surface area contributed by atoms with Crippen LogP contribution in [0.4, 0.5) is 4.39 Å². The summed E-state index contributed by atoms with van der Waals surface area (Å²) in [5.41, 5.74) is 5.25. The van der Waals surface area contributed by atoms with E-state index in [-0.39, 0.29) is 11.9 Å². The zero-order chi connectivity index (χ0) is 15.4. The van der Waals surface area contributed by atoms with E-state index in [1.165, 1.54) is 6.07 Å². The Morgan fingerprint density at radius 3 is 2.71 bits per heavy atom. The minimum absolute atomic E-state index is 0.325. The first kappa shape index (κ1) is 15.9. The highest BCUT2D eigenvalue weighted by atomic mass is 35.5. The second-order valence-corrected chi connectivity index (χ2v) is 5.32. The van der Waals surface area contributed by atoms with Crippen molar-refractivity contribution in [1.82, 2.24) is 15.2 Å². The molecule has 114 valence electrons. The maximum absolute atomic E-state index is 14.0. The Balaban J connectivity index is 2.28. The molecule has 3 N–H and O–H groups in total. The molecule has 4 nitrogen and oxygen atoms in total. The van der Waals surface area contributed by atoms with Crippen LogP contribution in [0.15, 0.2) is 24.3 Å². The number of halogens is 2. The summed E-state index contributed by atoms with van der Waals surface area (Å²) in [6.45, 7) is 4.86. The number of benzene rings is 1. The van der Waals surface area contributed by atoms with Gasteiger partial charge >= 0.3 is 0 Å². The molecule has 1 aromatic carbocycles. The van der Waals surface area contributed by atoms with Crippen LogP contribution >= 0.6 is 11.6 Å². The summed E-state index contributed by atoms with van der Waals surface area (Å²) in [7, 11) is 0. The molecule has 0 saturated carbocycles. The van der Waals surface area contributed by atoms with Crippen molar-refractivity contribution in [3.05, 3.63) is 52.1 Å². The number of rotatable bonds is 6. The summed E-state index contributed by atoms with van der Waals surface area (Å²) in [4.78, 5) is 0. The molecule has 0 aliphatic carbocycles. The smallest absolute Gasteiger partial charge is 0.129 e. The number of hydrogen-bond acceptors (Lipinski definition) is 3. The van der Waals surface area contributed by atoms with Gasteiger partial charge in [0, 0.05) is 29.2 Å². The second-order valence-electron chi connectivity index (χ2n) is 4.89. The van der Waals surface area contributed by atoms with Crippen molar-refractivity contribution >= 4 is 11.6 Å². The molecule has 0 fully saturated rings. The summed E-state index contributed by atoms with van der Waals surface area (Å²) in [6, 6.07) is 6.35. The van der Waals surface area contributed by atoms with E-state index in [1.807, 2.05) is 17.7 Å². The molecular weight excluding hydrogens is 291 g/mol. The molecule has 0 bridgehead atoms. The average Bonchev–Trinajstić information content (AvgIpc) is 2.87. The van der Waals surface area contributed by atoms with Gasteiger partial charge in [-0.15, -0.1) is 0 Å². The molecule has 1 aromatic heterocycles. The Kier molecular flexibility index (Phi) is 5.33. The Bertz CT molecular complexity index is 612. The molecule has 21 heavy (non-hydrogen) atoms. The van der Waals surface area contributed by atoms with Gasteiger partial charge in [0.1, 0.15) is 5.82 Å². The lowest BCUT2D eigenvalue weighted by Crippen LogP contribution is -2.31. The Labute approximate surface area is 129 Å². The molecule has 0 spiro atoms. The fourth-order valence-corrected chi connectivity index (χ4v) is 2.54. The Morgan fingerprint density at radius 2 is 2.14 bits per heavy atom. The number of nitrogens with two attached hydrogens (primary N) is 1. The van der Waals surface area contributed by atoms with Crippen LogP contribution in [-0.4, -0.2) is 9.78 Å². The van der Waals surface area contributed by atoms with Gasteiger partial charge in [-0.3, -0.25) is 16.0 Å². The first-order valence-electron chi connectivity index (χ1n) is 7.05. The number of nitrogens with one attached hydrogen (secondary N) is 1. The van der Waals surface area contributed by atoms with Crippen molar-refractivity contribution in [2.45, 2.75) is 39.3 Å². The molecule has 1 heterocycles. The van der Waals surface area contributed by atoms with Gasteiger partial charge in [-0.05, 0) is 31.5 Å². The van der Waals surface area contributed by atoms with Crippen LogP contribution in [0.2, 0.25) is 5.02 Å². The third-order valence-electron chi connectivity index (χ3n) is 3.53. The molecule has 2 aromatic rings. The topological polar surface area (TPSA) is 55.9 Å². The number of aryl methyl sites for hydroxylation is 2. The summed E-state index contributed by atoms with van der Waals surface area (Å²) in [5.74, 6) is 5.25. The first-order chi connectivity index (χ1) is 10.1. The molecule has 0 saturated heterocycles. The minimum atomic E-state index is -0.358.